The highest BCUT2D eigenvalue weighted by molar-refractivity contribution is 6.31. The summed E-state index contributed by atoms with van der Waals surface area (Å²) < 4.78 is 0. The number of hydrogen-bond donors (Lipinski definition) is 3. The van der Waals surface area contributed by atoms with Gasteiger partial charge in [-0.2, -0.15) is 0 Å². The Labute approximate surface area is 185 Å². The van der Waals surface area contributed by atoms with Crippen LogP contribution in [0.15, 0.2) is 53.5 Å². The Bertz CT molecular complexity index is 833. The zero-order valence-corrected chi connectivity index (χ0v) is 18.7. The minimum absolute atomic E-state index is 0.269. The van der Waals surface area contributed by atoms with Crippen molar-refractivity contribution in [2.45, 2.75) is 45.4 Å². The molecule has 0 saturated carbocycles. The summed E-state index contributed by atoms with van der Waals surface area (Å²) >= 11 is 6.19. The molecule has 1 heterocycles. The third-order valence-electron chi connectivity index (χ3n) is 5.61. The highest BCUT2D eigenvalue weighted by Crippen LogP contribution is 2.22. The molecular weight excluding hydrogens is 396 g/mol. The van der Waals surface area contributed by atoms with E-state index >= 15 is 0 Å². The van der Waals surface area contributed by atoms with Crippen molar-refractivity contribution < 1.29 is 5.11 Å². The second kappa shape index (κ2) is 11.3. The lowest BCUT2D eigenvalue weighted by Gasteiger charge is -2.33. The molecule has 0 amide bonds. The molecule has 162 valence electrons. The number of guanidine groups is 1. The van der Waals surface area contributed by atoms with Gasteiger partial charge in [-0.25, -0.2) is 0 Å². The summed E-state index contributed by atoms with van der Waals surface area (Å²) in [6, 6.07) is 16.4. The first-order valence-corrected chi connectivity index (χ1v) is 11.2. The fourth-order valence-electron chi connectivity index (χ4n) is 3.80. The monoisotopic (exact) mass is 428 g/mol. The fourth-order valence-corrected chi connectivity index (χ4v) is 4.06. The van der Waals surface area contributed by atoms with Crippen LogP contribution in [-0.4, -0.2) is 48.2 Å². The van der Waals surface area contributed by atoms with E-state index in [0.717, 1.165) is 45.0 Å². The van der Waals surface area contributed by atoms with Crippen LogP contribution in [0.3, 0.4) is 0 Å². The van der Waals surface area contributed by atoms with Crippen molar-refractivity contribution in [3.63, 3.8) is 0 Å². The number of halogens is 1. The molecule has 1 fully saturated rings. The number of likely N-dealkylation sites (tertiary alicyclic amines) is 1. The van der Waals surface area contributed by atoms with E-state index in [0.29, 0.717) is 16.6 Å². The summed E-state index contributed by atoms with van der Waals surface area (Å²) in [7, 11) is 0. The molecule has 0 aromatic heterocycles. The molecule has 1 aliphatic rings. The number of aliphatic hydroxyl groups excluding tert-OH is 1. The number of aryl methyl sites for hydroxylation is 1. The van der Waals surface area contributed by atoms with Crippen LogP contribution in [0.4, 0.5) is 0 Å². The first-order valence-electron chi connectivity index (χ1n) is 10.8. The maximum atomic E-state index is 10.5. The summed E-state index contributed by atoms with van der Waals surface area (Å²) in [5, 5.41) is 17.9. The van der Waals surface area contributed by atoms with Gasteiger partial charge in [0.05, 0.1) is 6.54 Å². The van der Waals surface area contributed by atoms with E-state index in [1.807, 2.05) is 25.1 Å². The predicted molar refractivity (Wildman–Crippen MR) is 125 cm³/mol. The van der Waals surface area contributed by atoms with Crippen LogP contribution in [0.25, 0.3) is 0 Å². The van der Waals surface area contributed by atoms with Crippen molar-refractivity contribution in [3.05, 3.63) is 70.2 Å². The number of aliphatic imine (C=N–C) groups is 1. The van der Waals surface area contributed by atoms with Gasteiger partial charge in [-0.15, -0.1) is 0 Å². The molecule has 1 saturated heterocycles. The van der Waals surface area contributed by atoms with Gasteiger partial charge >= 0.3 is 0 Å². The Morgan fingerprint density at radius 1 is 1.17 bits per heavy atom. The summed E-state index contributed by atoms with van der Waals surface area (Å²) in [6.45, 7) is 8.41. The summed E-state index contributed by atoms with van der Waals surface area (Å²) in [4.78, 5) is 7.12. The van der Waals surface area contributed by atoms with Crippen molar-refractivity contribution in [1.82, 2.24) is 15.5 Å². The topological polar surface area (TPSA) is 59.9 Å². The van der Waals surface area contributed by atoms with E-state index in [4.69, 9.17) is 11.6 Å². The predicted octanol–water partition coefficient (Wildman–Crippen LogP) is 3.90. The first-order chi connectivity index (χ1) is 14.6. The van der Waals surface area contributed by atoms with Crippen LogP contribution in [-0.2, 0) is 6.54 Å². The second-order valence-corrected chi connectivity index (χ2v) is 8.29. The van der Waals surface area contributed by atoms with Crippen molar-refractivity contribution in [2.24, 2.45) is 4.99 Å². The molecule has 0 bridgehead atoms. The van der Waals surface area contributed by atoms with E-state index in [9.17, 15) is 5.11 Å². The standard InChI is InChI=1S/C24H33ClN4O/c1-3-26-24(27-16-23(30)21-10-6-7-11-22(21)25)28-20-12-14-29(15-13-20)17-19-9-5-4-8-18(19)2/h4-11,20,23,30H,3,12-17H2,1-2H3,(H2,26,27,28). The van der Waals surface area contributed by atoms with Crippen LogP contribution < -0.4 is 10.6 Å². The molecule has 2 aromatic rings. The molecule has 0 radical (unpaired) electrons. The van der Waals surface area contributed by atoms with Gasteiger partial charge in [-0.1, -0.05) is 54.1 Å². The average molecular weight is 429 g/mol. The molecule has 3 rings (SSSR count). The Kier molecular flexibility index (Phi) is 8.55. The van der Waals surface area contributed by atoms with Crippen LogP contribution in [0.2, 0.25) is 5.02 Å². The molecule has 30 heavy (non-hydrogen) atoms. The minimum atomic E-state index is -0.717. The smallest absolute Gasteiger partial charge is 0.191 e. The molecule has 0 spiro atoms. The number of hydrogen-bond acceptors (Lipinski definition) is 3. The van der Waals surface area contributed by atoms with Gasteiger partial charge in [0.2, 0.25) is 0 Å². The zero-order chi connectivity index (χ0) is 21.3. The number of nitrogens with one attached hydrogen (secondary N) is 2. The Morgan fingerprint density at radius 3 is 2.57 bits per heavy atom. The van der Waals surface area contributed by atoms with E-state index in [1.165, 1.54) is 11.1 Å². The lowest BCUT2D eigenvalue weighted by Crippen LogP contribution is -2.48. The van der Waals surface area contributed by atoms with Gasteiger partial charge in [-0.3, -0.25) is 9.89 Å². The fraction of sp³-hybridized carbons (Fsp3) is 0.458. The summed E-state index contributed by atoms with van der Waals surface area (Å²) in [6.07, 6.45) is 1.43. The quantitative estimate of drug-likeness (QED) is 0.462. The molecule has 6 heteroatoms. The minimum Gasteiger partial charge on any atom is -0.386 e. The van der Waals surface area contributed by atoms with Gasteiger partial charge in [0, 0.05) is 42.8 Å². The Balaban J connectivity index is 1.51. The number of rotatable bonds is 7. The second-order valence-electron chi connectivity index (χ2n) is 7.88. The Hall–Kier alpha value is -2.08. The maximum absolute atomic E-state index is 10.5. The number of aliphatic hydroxyl groups is 1. The van der Waals surface area contributed by atoms with E-state index in [-0.39, 0.29) is 6.54 Å². The lowest BCUT2D eigenvalue weighted by atomic mass is 10.0. The van der Waals surface area contributed by atoms with Crippen molar-refractivity contribution in [3.8, 4) is 0 Å². The molecule has 3 N–H and O–H groups in total. The zero-order valence-electron chi connectivity index (χ0n) is 17.9. The van der Waals surface area contributed by atoms with E-state index in [2.05, 4.69) is 51.7 Å². The molecular formula is C24H33ClN4O. The number of benzene rings is 2. The van der Waals surface area contributed by atoms with Crippen molar-refractivity contribution in [1.29, 1.82) is 0 Å². The van der Waals surface area contributed by atoms with Crippen LogP contribution >= 0.6 is 11.6 Å². The largest absolute Gasteiger partial charge is 0.386 e. The number of piperidine rings is 1. The van der Waals surface area contributed by atoms with E-state index in [1.54, 1.807) is 6.07 Å². The molecule has 0 aliphatic carbocycles. The molecule has 1 atom stereocenters. The summed E-state index contributed by atoms with van der Waals surface area (Å²) in [5.74, 6) is 0.751. The third kappa shape index (κ3) is 6.46. The van der Waals surface area contributed by atoms with Gasteiger partial charge in [0.15, 0.2) is 5.96 Å². The van der Waals surface area contributed by atoms with Crippen LogP contribution in [0, 0.1) is 6.92 Å². The van der Waals surface area contributed by atoms with Crippen LogP contribution in [0.5, 0.6) is 0 Å². The van der Waals surface area contributed by atoms with E-state index < -0.39 is 6.10 Å². The number of nitrogens with zero attached hydrogens (tertiary/aromatic N) is 2. The van der Waals surface area contributed by atoms with Gasteiger partial charge in [0.1, 0.15) is 6.10 Å². The lowest BCUT2D eigenvalue weighted by molar-refractivity contribution is 0.186. The van der Waals surface area contributed by atoms with Crippen LogP contribution in [0.1, 0.15) is 42.6 Å². The van der Waals surface area contributed by atoms with Gasteiger partial charge < -0.3 is 15.7 Å². The maximum Gasteiger partial charge on any atom is 0.191 e. The molecule has 1 aliphatic heterocycles. The summed E-state index contributed by atoms with van der Waals surface area (Å²) in [5.41, 5.74) is 3.48. The Morgan fingerprint density at radius 2 is 1.87 bits per heavy atom. The first kappa shape index (κ1) is 22.6. The highest BCUT2D eigenvalue weighted by atomic mass is 35.5. The van der Waals surface area contributed by atoms with Gasteiger partial charge in [-0.05, 0) is 43.9 Å². The molecule has 5 nitrogen and oxygen atoms in total. The molecule has 1 unspecified atom stereocenters. The highest BCUT2D eigenvalue weighted by Gasteiger charge is 2.20. The van der Waals surface area contributed by atoms with Crippen molar-refractivity contribution >= 4 is 17.6 Å². The molecule has 2 aromatic carbocycles. The van der Waals surface area contributed by atoms with Crippen molar-refractivity contribution in [2.75, 3.05) is 26.2 Å². The SMILES string of the molecule is CCNC(=NCC(O)c1ccccc1Cl)NC1CCN(Cc2ccccc2C)CC1. The normalized spacial score (nSPS) is 17.0. The third-order valence-corrected chi connectivity index (χ3v) is 5.96. The van der Waals surface area contributed by atoms with Gasteiger partial charge in [0.25, 0.3) is 0 Å². The average Bonchev–Trinajstić information content (AvgIpc) is 2.75.